The molecule has 1 atom stereocenters. The van der Waals surface area contributed by atoms with E-state index in [0.717, 1.165) is 24.2 Å². The van der Waals surface area contributed by atoms with Crippen molar-refractivity contribution in [3.05, 3.63) is 62.9 Å². The lowest BCUT2D eigenvalue weighted by Crippen LogP contribution is -2.29. The number of sulfone groups is 1. The van der Waals surface area contributed by atoms with Crippen LogP contribution >= 0.6 is 0 Å². The lowest BCUT2D eigenvalue weighted by molar-refractivity contribution is 0.0255. The minimum Gasteiger partial charge on any atom is -0.490 e. The highest BCUT2D eigenvalue weighted by atomic mass is 32.2. The van der Waals surface area contributed by atoms with Crippen LogP contribution in [0.4, 0.5) is 0 Å². The van der Waals surface area contributed by atoms with Gasteiger partial charge < -0.3 is 14.2 Å². The van der Waals surface area contributed by atoms with Gasteiger partial charge in [0.15, 0.2) is 9.84 Å². The van der Waals surface area contributed by atoms with Crippen LogP contribution < -0.4 is 16.0 Å². The van der Waals surface area contributed by atoms with Gasteiger partial charge in [0, 0.05) is 31.7 Å². The summed E-state index contributed by atoms with van der Waals surface area (Å²) >= 11 is 0. The van der Waals surface area contributed by atoms with Gasteiger partial charge in [0.2, 0.25) is 0 Å². The van der Waals surface area contributed by atoms with E-state index in [0.29, 0.717) is 19.6 Å². The van der Waals surface area contributed by atoms with Gasteiger partial charge in [-0.2, -0.15) is 0 Å². The first-order valence-electron chi connectivity index (χ1n) is 10.7. The molecule has 0 unspecified atom stereocenters. The Hall–Kier alpha value is -2.43. The predicted molar refractivity (Wildman–Crippen MR) is 120 cm³/mol. The first-order chi connectivity index (χ1) is 15.3. The zero-order chi connectivity index (χ0) is 23.0. The van der Waals surface area contributed by atoms with Crippen LogP contribution in [0.25, 0.3) is 0 Å². The van der Waals surface area contributed by atoms with Crippen LogP contribution in [0.2, 0.25) is 0 Å². The van der Waals surface area contributed by atoms with Gasteiger partial charge in [0.25, 0.3) is 5.56 Å². The molecule has 2 heterocycles. The lowest BCUT2D eigenvalue weighted by Gasteiger charge is -2.24. The van der Waals surface area contributed by atoms with E-state index in [1.807, 2.05) is 31.2 Å². The van der Waals surface area contributed by atoms with Crippen LogP contribution in [0.1, 0.15) is 37.7 Å². The van der Waals surface area contributed by atoms with Crippen LogP contribution in [-0.4, -0.2) is 55.4 Å². The Kier molecular flexibility index (Phi) is 8.66. The molecular formula is C22H30N2O7S. The van der Waals surface area contributed by atoms with Gasteiger partial charge in [-0.1, -0.05) is 19.1 Å². The van der Waals surface area contributed by atoms with Gasteiger partial charge in [0.05, 0.1) is 24.7 Å². The second kappa shape index (κ2) is 11.4. The second-order valence-electron chi connectivity index (χ2n) is 7.99. The summed E-state index contributed by atoms with van der Waals surface area (Å²) in [6.07, 6.45) is 3.49. The molecule has 1 aromatic heterocycles. The number of rotatable bonds is 11. The Balaban J connectivity index is 1.44. The molecule has 176 valence electrons. The maximum atomic E-state index is 12.5. The van der Waals surface area contributed by atoms with Gasteiger partial charge in [0.1, 0.15) is 18.6 Å². The lowest BCUT2D eigenvalue weighted by atomic mass is 10.0. The summed E-state index contributed by atoms with van der Waals surface area (Å²) in [4.78, 5) is 24.7. The van der Waals surface area contributed by atoms with Gasteiger partial charge in [-0.3, -0.25) is 14.3 Å². The summed E-state index contributed by atoms with van der Waals surface area (Å²) in [6, 6.07) is 8.84. The summed E-state index contributed by atoms with van der Waals surface area (Å²) < 4.78 is 43.0. The third-order valence-electron chi connectivity index (χ3n) is 5.27. The topological polar surface area (TPSA) is 117 Å². The third kappa shape index (κ3) is 7.61. The minimum absolute atomic E-state index is 0.00384. The molecule has 0 amide bonds. The molecule has 0 spiro atoms. The highest BCUT2D eigenvalue weighted by molar-refractivity contribution is 7.91. The monoisotopic (exact) mass is 466 g/mol. The molecule has 3 rings (SSSR count). The van der Waals surface area contributed by atoms with E-state index in [2.05, 4.69) is 4.98 Å². The van der Waals surface area contributed by atoms with E-state index in [1.54, 1.807) is 0 Å². The quantitative estimate of drug-likeness (QED) is 0.501. The van der Waals surface area contributed by atoms with Crippen molar-refractivity contribution in [2.45, 2.75) is 44.9 Å². The summed E-state index contributed by atoms with van der Waals surface area (Å²) in [5.74, 6) is 0.617. The number of aromatic nitrogens is 2. The molecule has 1 aliphatic rings. The Bertz CT molecular complexity index is 1090. The molecule has 1 saturated heterocycles. The number of hydrogen-bond donors (Lipinski definition) is 1. The van der Waals surface area contributed by atoms with Crippen molar-refractivity contribution in [1.29, 1.82) is 0 Å². The van der Waals surface area contributed by atoms with Crippen molar-refractivity contribution < 1.29 is 22.6 Å². The number of hydrogen-bond acceptors (Lipinski definition) is 7. The molecule has 1 aromatic carbocycles. The normalized spacial score (nSPS) is 16.0. The number of nitrogens with one attached hydrogen (secondary N) is 1. The van der Waals surface area contributed by atoms with Crippen molar-refractivity contribution in [2.24, 2.45) is 0 Å². The summed E-state index contributed by atoms with van der Waals surface area (Å²) in [6.45, 7) is 3.43. The van der Waals surface area contributed by atoms with Crippen LogP contribution in [-0.2, 0) is 26.0 Å². The molecule has 9 nitrogen and oxygen atoms in total. The summed E-state index contributed by atoms with van der Waals surface area (Å²) in [7, 11) is -3.28. The van der Waals surface area contributed by atoms with Gasteiger partial charge >= 0.3 is 5.69 Å². The molecule has 0 bridgehead atoms. The highest BCUT2D eigenvalue weighted by Crippen LogP contribution is 2.24. The third-order valence-corrected chi connectivity index (χ3v) is 7.19. The van der Waals surface area contributed by atoms with Crippen molar-refractivity contribution >= 4 is 9.84 Å². The SMILES string of the molecule is C[C@@H](CS(=O)(=O)CCCOCn1ccc(=O)[nH]c1=O)c1cccc(OC2CCOCC2)c1. The van der Waals surface area contributed by atoms with Crippen LogP contribution in [0.15, 0.2) is 46.1 Å². The highest BCUT2D eigenvalue weighted by Gasteiger charge is 2.19. The number of nitrogens with zero attached hydrogens (tertiary/aromatic N) is 1. The number of H-pyrrole nitrogens is 1. The average Bonchev–Trinajstić information content (AvgIpc) is 2.75. The first-order valence-corrected chi connectivity index (χ1v) is 12.6. The van der Waals surface area contributed by atoms with Crippen molar-refractivity contribution in [1.82, 2.24) is 9.55 Å². The van der Waals surface area contributed by atoms with E-state index in [4.69, 9.17) is 14.2 Å². The fourth-order valence-electron chi connectivity index (χ4n) is 3.53. The van der Waals surface area contributed by atoms with Crippen molar-refractivity contribution in [3.8, 4) is 5.75 Å². The smallest absolute Gasteiger partial charge is 0.330 e. The molecule has 0 saturated carbocycles. The fraction of sp³-hybridized carbons (Fsp3) is 0.545. The standard InChI is InChI=1S/C22H30N2O7S/c1-17(18-4-2-5-20(14-18)31-19-7-11-29-12-8-19)15-32(27,28)13-3-10-30-16-24-9-6-21(25)23-22(24)26/h2,4-6,9,14,17,19H,3,7-8,10-13,15-16H2,1H3,(H,23,25,26)/t17-/m0/s1. The summed E-state index contributed by atoms with van der Waals surface area (Å²) in [5, 5.41) is 0. The fourth-order valence-corrected chi connectivity index (χ4v) is 5.21. The molecule has 1 N–H and O–H groups in total. The Morgan fingerprint density at radius 2 is 2.00 bits per heavy atom. The van der Waals surface area contributed by atoms with Crippen LogP contribution in [0.3, 0.4) is 0 Å². The van der Waals surface area contributed by atoms with E-state index < -0.39 is 21.1 Å². The molecule has 1 aliphatic heterocycles. The van der Waals surface area contributed by atoms with Gasteiger partial charge in [-0.05, 0) is 30.0 Å². The molecule has 1 fully saturated rings. The molecule has 10 heteroatoms. The van der Waals surface area contributed by atoms with Crippen LogP contribution in [0.5, 0.6) is 5.75 Å². The zero-order valence-corrected chi connectivity index (χ0v) is 19.0. The van der Waals surface area contributed by atoms with Crippen molar-refractivity contribution in [2.75, 3.05) is 31.3 Å². The maximum Gasteiger partial charge on any atom is 0.330 e. The van der Waals surface area contributed by atoms with E-state index in [-0.39, 0.29) is 36.9 Å². The molecule has 0 radical (unpaired) electrons. The second-order valence-corrected chi connectivity index (χ2v) is 10.2. The number of aromatic amines is 1. The maximum absolute atomic E-state index is 12.5. The Morgan fingerprint density at radius 3 is 2.75 bits per heavy atom. The van der Waals surface area contributed by atoms with Gasteiger partial charge in [-0.25, -0.2) is 13.2 Å². The Morgan fingerprint density at radius 1 is 1.22 bits per heavy atom. The summed E-state index contributed by atoms with van der Waals surface area (Å²) in [5.41, 5.74) is -0.124. The van der Waals surface area contributed by atoms with Gasteiger partial charge in [-0.15, -0.1) is 0 Å². The first kappa shape index (κ1) is 24.2. The number of ether oxygens (including phenoxy) is 3. The van der Waals surface area contributed by atoms with E-state index >= 15 is 0 Å². The predicted octanol–water partition coefficient (Wildman–Crippen LogP) is 1.68. The zero-order valence-electron chi connectivity index (χ0n) is 18.2. The molecule has 32 heavy (non-hydrogen) atoms. The van der Waals surface area contributed by atoms with E-state index in [1.165, 1.54) is 16.8 Å². The van der Waals surface area contributed by atoms with E-state index in [9.17, 15) is 18.0 Å². The number of benzene rings is 1. The molecule has 2 aromatic rings. The average molecular weight is 467 g/mol. The molecule has 0 aliphatic carbocycles. The molecular weight excluding hydrogens is 436 g/mol. The Labute approximate surface area is 187 Å². The van der Waals surface area contributed by atoms with Crippen LogP contribution in [0, 0.1) is 0 Å². The minimum atomic E-state index is -3.28. The van der Waals surface area contributed by atoms with Crippen molar-refractivity contribution in [3.63, 3.8) is 0 Å². The largest absolute Gasteiger partial charge is 0.490 e.